The predicted octanol–water partition coefficient (Wildman–Crippen LogP) is 4.88. The van der Waals surface area contributed by atoms with Gasteiger partial charge < -0.3 is 9.47 Å². The number of nitrogens with one attached hydrogen (secondary N) is 1. The second-order valence-corrected chi connectivity index (χ2v) is 6.68. The topological polar surface area (TPSA) is 96.7 Å². The minimum Gasteiger partial charge on any atom is -0.457 e. The molecule has 1 aliphatic heterocycles. The normalized spacial score (nSPS) is 15.3. The maximum atomic E-state index is 14.6. The fraction of sp³-hybridized carbons (Fsp3) is 0.0952. The molecule has 0 radical (unpaired) electrons. The van der Waals surface area contributed by atoms with Crippen molar-refractivity contribution in [3.8, 4) is 23.3 Å². The number of carbonyl (C=O) groups is 1. The summed E-state index contributed by atoms with van der Waals surface area (Å²) in [4.78, 5) is 15.3. The number of rotatable bonds is 6. The third-order valence-corrected chi connectivity index (χ3v) is 4.40. The molecule has 0 atom stereocenters. The Bertz CT molecular complexity index is 1300. The molecule has 1 amide bonds. The zero-order valence-corrected chi connectivity index (χ0v) is 16.6. The number of hydrogen-bond donors (Lipinski definition) is 1. The number of carbonyl (C=O) groups excluding carboxylic acids is 1. The van der Waals surface area contributed by atoms with Gasteiger partial charge >= 0.3 is 12.4 Å². The predicted molar refractivity (Wildman–Crippen MR) is 105 cm³/mol. The van der Waals surface area contributed by atoms with Crippen molar-refractivity contribution >= 4 is 17.8 Å². The van der Waals surface area contributed by atoms with Gasteiger partial charge in [0.15, 0.2) is 5.82 Å². The quantitative estimate of drug-likeness (QED) is 0.306. The number of benzene rings is 2. The molecular weight excluding hydrogens is 467 g/mol. The van der Waals surface area contributed by atoms with Crippen LogP contribution >= 0.6 is 0 Å². The maximum Gasteiger partial charge on any atom is 0.540 e. The van der Waals surface area contributed by atoms with Crippen molar-refractivity contribution in [2.45, 2.75) is 12.4 Å². The molecule has 2 aromatic carbocycles. The SMILES string of the molecule is N#Cc1cc(Oc2ccc(NN(C=O)c3ccc4c(c3)C(F)(F)OC(F)(F)O4)c(F)c2)ccn1. The average Bonchev–Trinajstić information content (AvgIpc) is 2.77. The van der Waals surface area contributed by atoms with E-state index in [1.807, 2.05) is 6.07 Å². The molecule has 0 saturated carbocycles. The molecule has 3 aromatic rings. The summed E-state index contributed by atoms with van der Waals surface area (Å²) >= 11 is 0. The molecule has 2 heterocycles. The van der Waals surface area contributed by atoms with Gasteiger partial charge in [-0.05, 0) is 36.4 Å². The van der Waals surface area contributed by atoms with E-state index in [4.69, 9.17) is 10.00 Å². The Balaban J connectivity index is 1.55. The Morgan fingerprint density at radius 2 is 1.85 bits per heavy atom. The minimum absolute atomic E-state index is 0.0550. The molecular formula is C21H11F5N4O4. The Morgan fingerprint density at radius 3 is 2.56 bits per heavy atom. The van der Waals surface area contributed by atoms with Crippen LogP contribution in [0.4, 0.5) is 33.3 Å². The first kappa shape index (κ1) is 22.7. The third-order valence-electron chi connectivity index (χ3n) is 4.40. The molecule has 1 aliphatic rings. The maximum absolute atomic E-state index is 14.6. The van der Waals surface area contributed by atoms with Gasteiger partial charge in [0.25, 0.3) is 0 Å². The average molecular weight is 478 g/mol. The van der Waals surface area contributed by atoms with Crippen LogP contribution in [0.5, 0.6) is 17.2 Å². The van der Waals surface area contributed by atoms with E-state index in [-0.39, 0.29) is 35.0 Å². The molecule has 0 aliphatic carbocycles. The van der Waals surface area contributed by atoms with E-state index in [0.29, 0.717) is 11.1 Å². The number of amides is 1. The van der Waals surface area contributed by atoms with Crippen LogP contribution < -0.4 is 19.9 Å². The lowest BCUT2D eigenvalue weighted by atomic mass is 10.1. The van der Waals surface area contributed by atoms with Crippen LogP contribution in [0.3, 0.4) is 0 Å². The number of fused-ring (bicyclic) bond motifs is 1. The van der Waals surface area contributed by atoms with Crippen molar-refractivity contribution in [2.75, 3.05) is 10.4 Å². The first-order valence-electron chi connectivity index (χ1n) is 9.24. The number of hydrogen-bond acceptors (Lipinski definition) is 7. The lowest BCUT2D eigenvalue weighted by Gasteiger charge is -2.31. The van der Waals surface area contributed by atoms with Crippen molar-refractivity contribution in [3.63, 3.8) is 0 Å². The van der Waals surface area contributed by atoms with Crippen LogP contribution in [0.25, 0.3) is 0 Å². The van der Waals surface area contributed by atoms with E-state index in [1.165, 1.54) is 30.5 Å². The Kier molecular flexibility index (Phi) is 5.68. The lowest BCUT2D eigenvalue weighted by Crippen LogP contribution is -2.41. The molecule has 0 unspecified atom stereocenters. The van der Waals surface area contributed by atoms with Crippen LogP contribution in [0, 0.1) is 17.1 Å². The fourth-order valence-electron chi connectivity index (χ4n) is 2.94. The number of nitrogens with zero attached hydrogens (tertiary/aromatic N) is 3. The molecule has 0 spiro atoms. The van der Waals surface area contributed by atoms with Crippen molar-refractivity contribution < 1.29 is 41.0 Å². The Labute approximate surface area is 187 Å². The number of anilines is 2. The smallest absolute Gasteiger partial charge is 0.457 e. The van der Waals surface area contributed by atoms with Crippen LogP contribution in [-0.4, -0.2) is 17.7 Å². The Morgan fingerprint density at radius 1 is 1.09 bits per heavy atom. The van der Waals surface area contributed by atoms with E-state index in [0.717, 1.165) is 18.2 Å². The second kappa shape index (κ2) is 8.49. The molecule has 13 heteroatoms. The largest absolute Gasteiger partial charge is 0.540 e. The molecule has 0 saturated heterocycles. The summed E-state index contributed by atoms with van der Waals surface area (Å²) in [5, 5.41) is 9.51. The molecule has 1 N–H and O–H groups in total. The molecule has 174 valence electrons. The van der Waals surface area contributed by atoms with Gasteiger partial charge in [0.05, 0.1) is 16.9 Å². The standard InChI is InChI=1S/C21H11F5N4O4/c22-17-9-14(32-15-5-6-28-12(7-15)10-27)2-3-18(17)29-30(11-31)13-1-4-19-16(8-13)20(23,24)34-21(25,26)33-19/h1-9,11,29H. The van der Waals surface area contributed by atoms with Gasteiger partial charge in [0.2, 0.25) is 6.41 Å². The zero-order valence-electron chi connectivity index (χ0n) is 16.6. The van der Waals surface area contributed by atoms with Crippen LogP contribution in [-0.2, 0) is 15.6 Å². The fourth-order valence-corrected chi connectivity index (χ4v) is 2.94. The third kappa shape index (κ3) is 4.66. The molecule has 4 rings (SSSR count). The summed E-state index contributed by atoms with van der Waals surface area (Å²) in [5.41, 5.74) is 0.933. The highest BCUT2D eigenvalue weighted by Crippen LogP contribution is 2.47. The van der Waals surface area contributed by atoms with Gasteiger partial charge in [-0.3, -0.25) is 10.2 Å². The minimum atomic E-state index is -4.54. The van der Waals surface area contributed by atoms with Gasteiger partial charge in [-0.15, -0.1) is 8.78 Å². The van der Waals surface area contributed by atoms with Crippen LogP contribution in [0.15, 0.2) is 54.7 Å². The van der Waals surface area contributed by atoms with E-state index in [2.05, 4.69) is 19.9 Å². The number of nitriles is 1. The monoisotopic (exact) mass is 478 g/mol. The van der Waals surface area contributed by atoms with Crippen molar-refractivity contribution in [1.82, 2.24) is 4.98 Å². The highest BCUT2D eigenvalue weighted by atomic mass is 19.3. The van der Waals surface area contributed by atoms with Gasteiger partial charge in [0, 0.05) is 18.3 Å². The van der Waals surface area contributed by atoms with Gasteiger partial charge in [-0.2, -0.15) is 14.0 Å². The molecule has 0 fully saturated rings. The number of pyridine rings is 1. The van der Waals surface area contributed by atoms with Gasteiger partial charge in [-0.25, -0.2) is 19.1 Å². The Hall–Kier alpha value is -4.44. The van der Waals surface area contributed by atoms with Crippen molar-refractivity contribution in [2.24, 2.45) is 0 Å². The number of halogens is 5. The van der Waals surface area contributed by atoms with E-state index < -0.39 is 29.5 Å². The summed E-state index contributed by atoms with van der Waals surface area (Å²) in [7, 11) is 0. The van der Waals surface area contributed by atoms with Gasteiger partial charge in [-0.1, -0.05) is 0 Å². The number of alkyl halides is 4. The van der Waals surface area contributed by atoms with Crippen molar-refractivity contribution in [1.29, 1.82) is 5.26 Å². The summed E-state index contributed by atoms with van der Waals surface area (Å²) in [6.07, 6.45) is -7.46. The summed E-state index contributed by atoms with van der Waals surface area (Å²) in [5.74, 6) is -1.45. The summed E-state index contributed by atoms with van der Waals surface area (Å²) in [6, 6.07) is 10.6. The zero-order chi connectivity index (χ0) is 24.5. The lowest BCUT2D eigenvalue weighted by molar-refractivity contribution is -0.461. The van der Waals surface area contributed by atoms with E-state index in [1.54, 1.807) is 0 Å². The first-order valence-corrected chi connectivity index (χ1v) is 9.24. The van der Waals surface area contributed by atoms with E-state index >= 15 is 0 Å². The van der Waals surface area contributed by atoms with Gasteiger partial charge in [0.1, 0.15) is 29.0 Å². The van der Waals surface area contributed by atoms with Crippen LogP contribution in [0.1, 0.15) is 11.3 Å². The molecule has 0 bridgehead atoms. The number of hydrazine groups is 1. The molecule has 8 nitrogen and oxygen atoms in total. The highest BCUT2D eigenvalue weighted by Gasteiger charge is 2.54. The van der Waals surface area contributed by atoms with Crippen LogP contribution in [0.2, 0.25) is 0 Å². The second-order valence-electron chi connectivity index (χ2n) is 6.68. The molecule has 1 aromatic heterocycles. The number of ether oxygens (including phenoxy) is 3. The number of aromatic nitrogens is 1. The first-order chi connectivity index (χ1) is 16.1. The van der Waals surface area contributed by atoms with Crippen molar-refractivity contribution in [3.05, 3.63) is 71.8 Å². The summed E-state index contributed by atoms with van der Waals surface area (Å²) < 4.78 is 81.8. The molecule has 34 heavy (non-hydrogen) atoms. The van der Waals surface area contributed by atoms with E-state index in [9.17, 15) is 26.7 Å². The highest BCUT2D eigenvalue weighted by molar-refractivity contribution is 5.79. The summed E-state index contributed by atoms with van der Waals surface area (Å²) in [6.45, 7) is 0.